The molecular formula is C14H11FN4O. The van der Waals surface area contributed by atoms with Gasteiger partial charge in [0.2, 0.25) is 0 Å². The van der Waals surface area contributed by atoms with Crippen LogP contribution in [0.15, 0.2) is 36.5 Å². The molecule has 0 fully saturated rings. The third kappa shape index (κ3) is 2.72. The molecule has 1 aromatic heterocycles. The number of carbonyl (C=O) groups is 1. The minimum atomic E-state index is -0.531. The highest BCUT2D eigenvalue weighted by molar-refractivity contribution is 6.07. The molecule has 0 saturated heterocycles. The first-order chi connectivity index (χ1) is 9.65. The fourth-order valence-electron chi connectivity index (χ4n) is 1.70. The largest absolute Gasteiger partial charge is 0.372 e. The Morgan fingerprint density at radius 1 is 1.40 bits per heavy atom. The summed E-state index contributed by atoms with van der Waals surface area (Å²) >= 11 is 0. The SMILES string of the molecule is CNc1ncccc1C(=O)Nc1ccc(F)cc1C#N. The second-order valence-electron chi connectivity index (χ2n) is 3.91. The highest BCUT2D eigenvalue weighted by Gasteiger charge is 2.13. The Bertz CT molecular complexity index is 694. The van der Waals surface area contributed by atoms with Crippen molar-refractivity contribution in [3.05, 3.63) is 53.5 Å². The lowest BCUT2D eigenvalue weighted by atomic mass is 10.1. The van der Waals surface area contributed by atoms with Crippen molar-refractivity contribution < 1.29 is 9.18 Å². The van der Waals surface area contributed by atoms with E-state index in [4.69, 9.17) is 5.26 Å². The van der Waals surface area contributed by atoms with Gasteiger partial charge in [0.05, 0.1) is 16.8 Å². The van der Waals surface area contributed by atoms with Crippen molar-refractivity contribution >= 4 is 17.4 Å². The van der Waals surface area contributed by atoms with E-state index in [0.717, 1.165) is 6.07 Å². The van der Waals surface area contributed by atoms with Crippen molar-refractivity contribution in [2.45, 2.75) is 0 Å². The molecule has 0 aliphatic rings. The van der Waals surface area contributed by atoms with Crippen molar-refractivity contribution in [1.82, 2.24) is 4.98 Å². The van der Waals surface area contributed by atoms with Gasteiger partial charge >= 0.3 is 0 Å². The molecule has 0 spiro atoms. The van der Waals surface area contributed by atoms with Crippen molar-refractivity contribution in [3.63, 3.8) is 0 Å². The van der Waals surface area contributed by atoms with Gasteiger partial charge in [-0.25, -0.2) is 9.37 Å². The van der Waals surface area contributed by atoms with Gasteiger partial charge < -0.3 is 10.6 Å². The van der Waals surface area contributed by atoms with E-state index >= 15 is 0 Å². The van der Waals surface area contributed by atoms with Crippen LogP contribution in [0.1, 0.15) is 15.9 Å². The molecule has 1 amide bonds. The molecule has 20 heavy (non-hydrogen) atoms. The fourth-order valence-corrected chi connectivity index (χ4v) is 1.70. The van der Waals surface area contributed by atoms with E-state index in [-0.39, 0.29) is 11.3 Å². The van der Waals surface area contributed by atoms with E-state index in [1.165, 1.54) is 12.1 Å². The van der Waals surface area contributed by atoms with E-state index in [0.29, 0.717) is 11.4 Å². The van der Waals surface area contributed by atoms with Crippen LogP contribution in [-0.2, 0) is 0 Å². The molecule has 0 aliphatic carbocycles. The van der Waals surface area contributed by atoms with Crippen LogP contribution >= 0.6 is 0 Å². The summed E-state index contributed by atoms with van der Waals surface area (Å²) in [6.45, 7) is 0. The Morgan fingerprint density at radius 2 is 2.20 bits per heavy atom. The first kappa shape index (κ1) is 13.5. The van der Waals surface area contributed by atoms with Gasteiger partial charge in [0.1, 0.15) is 17.7 Å². The predicted octanol–water partition coefficient (Wildman–Crippen LogP) is 2.39. The van der Waals surface area contributed by atoms with E-state index < -0.39 is 11.7 Å². The molecule has 1 heterocycles. The van der Waals surface area contributed by atoms with Crippen LogP contribution in [0.3, 0.4) is 0 Å². The monoisotopic (exact) mass is 270 g/mol. The zero-order valence-electron chi connectivity index (χ0n) is 10.6. The first-order valence-corrected chi connectivity index (χ1v) is 5.79. The zero-order valence-corrected chi connectivity index (χ0v) is 10.6. The highest BCUT2D eigenvalue weighted by Crippen LogP contribution is 2.18. The number of carbonyl (C=O) groups excluding carboxylic acids is 1. The number of pyridine rings is 1. The summed E-state index contributed by atoms with van der Waals surface area (Å²) in [4.78, 5) is 16.2. The van der Waals surface area contributed by atoms with Gasteiger partial charge in [0.15, 0.2) is 0 Å². The number of anilines is 2. The molecule has 0 atom stereocenters. The van der Waals surface area contributed by atoms with Crippen LogP contribution in [0.4, 0.5) is 15.9 Å². The average molecular weight is 270 g/mol. The van der Waals surface area contributed by atoms with Crippen LogP contribution in [-0.4, -0.2) is 17.9 Å². The normalized spacial score (nSPS) is 9.65. The summed E-state index contributed by atoms with van der Waals surface area (Å²) in [6, 6.07) is 8.66. The minimum Gasteiger partial charge on any atom is -0.372 e. The standard InChI is InChI=1S/C14H11FN4O/c1-17-13-11(3-2-6-18-13)14(20)19-12-5-4-10(15)7-9(12)8-16/h2-7H,1H3,(H,17,18)(H,19,20). The van der Waals surface area contributed by atoms with Gasteiger partial charge in [0.25, 0.3) is 5.91 Å². The minimum absolute atomic E-state index is 0.0632. The quantitative estimate of drug-likeness (QED) is 0.897. The average Bonchev–Trinajstić information content (AvgIpc) is 2.48. The number of nitriles is 1. The Balaban J connectivity index is 2.31. The van der Waals surface area contributed by atoms with Gasteiger partial charge in [-0.05, 0) is 30.3 Å². The van der Waals surface area contributed by atoms with Crippen molar-refractivity contribution in [2.24, 2.45) is 0 Å². The third-order valence-corrected chi connectivity index (χ3v) is 2.64. The second-order valence-corrected chi connectivity index (χ2v) is 3.91. The molecule has 5 nitrogen and oxygen atoms in total. The van der Waals surface area contributed by atoms with Crippen LogP contribution < -0.4 is 10.6 Å². The molecule has 1 aromatic carbocycles. The van der Waals surface area contributed by atoms with Gasteiger partial charge in [-0.15, -0.1) is 0 Å². The molecule has 0 unspecified atom stereocenters. The Morgan fingerprint density at radius 3 is 2.90 bits per heavy atom. The van der Waals surface area contributed by atoms with Crippen LogP contribution in [0.5, 0.6) is 0 Å². The lowest BCUT2D eigenvalue weighted by Gasteiger charge is -2.09. The lowest BCUT2D eigenvalue weighted by Crippen LogP contribution is -2.15. The number of rotatable bonds is 3. The van der Waals surface area contributed by atoms with Crippen LogP contribution in [0, 0.1) is 17.1 Å². The topological polar surface area (TPSA) is 77.8 Å². The summed E-state index contributed by atoms with van der Waals surface area (Å²) < 4.78 is 13.0. The van der Waals surface area contributed by atoms with Crippen molar-refractivity contribution in [3.8, 4) is 6.07 Å². The molecular weight excluding hydrogens is 259 g/mol. The second kappa shape index (κ2) is 5.80. The maximum absolute atomic E-state index is 13.0. The van der Waals surface area contributed by atoms with E-state index in [1.54, 1.807) is 25.4 Å². The molecule has 0 saturated carbocycles. The van der Waals surface area contributed by atoms with Crippen LogP contribution in [0.2, 0.25) is 0 Å². The number of nitrogens with one attached hydrogen (secondary N) is 2. The van der Waals surface area contributed by atoms with E-state index in [2.05, 4.69) is 15.6 Å². The summed E-state index contributed by atoms with van der Waals surface area (Å²) in [5.74, 6) is -0.534. The van der Waals surface area contributed by atoms with Gasteiger partial charge in [0, 0.05) is 13.2 Å². The van der Waals surface area contributed by atoms with Crippen molar-refractivity contribution in [2.75, 3.05) is 17.7 Å². The fraction of sp³-hybridized carbons (Fsp3) is 0.0714. The molecule has 0 radical (unpaired) electrons. The summed E-state index contributed by atoms with van der Waals surface area (Å²) in [5.41, 5.74) is 0.654. The summed E-state index contributed by atoms with van der Waals surface area (Å²) in [7, 11) is 1.65. The zero-order chi connectivity index (χ0) is 14.5. The number of amides is 1. The molecule has 2 rings (SSSR count). The Kier molecular flexibility index (Phi) is 3.91. The number of hydrogen-bond donors (Lipinski definition) is 2. The molecule has 0 aliphatic heterocycles. The van der Waals surface area contributed by atoms with Gasteiger partial charge in [-0.3, -0.25) is 4.79 Å². The smallest absolute Gasteiger partial charge is 0.259 e. The van der Waals surface area contributed by atoms with E-state index in [1.807, 2.05) is 6.07 Å². The Hall–Kier alpha value is -2.94. The molecule has 6 heteroatoms. The molecule has 0 bridgehead atoms. The number of benzene rings is 1. The predicted molar refractivity (Wildman–Crippen MR) is 72.9 cm³/mol. The number of halogens is 1. The first-order valence-electron chi connectivity index (χ1n) is 5.79. The van der Waals surface area contributed by atoms with Gasteiger partial charge in [-0.1, -0.05) is 0 Å². The summed E-state index contributed by atoms with van der Waals surface area (Å²) in [5, 5.41) is 14.3. The highest BCUT2D eigenvalue weighted by atomic mass is 19.1. The van der Waals surface area contributed by atoms with Gasteiger partial charge in [-0.2, -0.15) is 5.26 Å². The van der Waals surface area contributed by atoms with E-state index in [9.17, 15) is 9.18 Å². The molecule has 2 aromatic rings. The van der Waals surface area contributed by atoms with Crippen molar-refractivity contribution in [1.29, 1.82) is 5.26 Å². The molecule has 2 N–H and O–H groups in total. The number of nitrogens with zero attached hydrogens (tertiary/aromatic N) is 2. The number of hydrogen-bond acceptors (Lipinski definition) is 4. The lowest BCUT2D eigenvalue weighted by molar-refractivity contribution is 0.102. The maximum Gasteiger partial charge on any atom is 0.259 e. The summed E-state index contributed by atoms with van der Waals surface area (Å²) in [6.07, 6.45) is 1.56. The third-order valence-electron chi connectivity index (χ3n) is 2.64. The molecule has 100 valence electrons. The maximum atomic E-state index is 13.0. The number of aromatic nitrogens is 1. The van der Waals surface area contributed by atoms with Crippen LogP contribution in [0.25, 0.3) is 0 Å². The Labute approximate surface area is 115 Å².